The lowest BCUT2D eigenvalue weighted by Crippen LogP contribution is -2.46. The minimum absolute atomic E-state index is 0.298. The molecule has 1 aromatic carbocycles. The highest BCUT2D eigenvalue weighted by atomic mass is 32.2. The van der Waals surface area contributed by atoms with Gasteiger partial charge in [0.25, 0.3) is 0 Å². The van der Waals surface area contributed by atoms with Crippen LogP contribution in [0.3, 0.4) is 0 Å². The van der Waals surface area contributed by atoms with E-state index in [4.69, 9.17) is 5.26 Å². The number of hydrogen-bond acceptors (Lipinski definition) is 3. The number of nitriles is 1. The molecular weight excluding hydrogens is 263 g/mol. The van der Waals surface area contributed by atoms with Crippen molar-refractivity contribution in [2.75, 3.05) is 11.5 Å². The van der Waals surface area contributed by atoms with Crippen molar-refractivity contribution in [3.63, 3.8) is 0 Å². The molecule has 1 fully saturated rings. The minimum Gasteiger partial charge on any atom is -0.333 e. The summed E-state index contributed by atoms with van der Waals surface area (Å²) in [5.41, 5.74) is -0.00197. The first-order valence-electron chi connectivity index (χ1n) is 5.88. The summed E-state index contributed by atoms with van der Waals surface area (Å²) < 4.78 is 12.7. The van der Waals surface area contributed by atoms with Gasteiger partial charge in [0.05, 0.1) is 6.07 Å². The summed E-state index contributed by atoms with van der Waals surface area (Å²) in [6, 6.07) is 8.02. The molecule has 0 bridgehead atoms. The molecule has 1 saturated heterocycles. The Kier molecular flexibility index (Phi) is 4.23. The molecule has 1 aromatic rings. The van der Waals surface area contributed by atoms with Gasteiger partial charge in [-0.25, -0.2) is 4.39 Å². The van der Waals surface area contributed by atoms with E-state index in [0.717, 1.165) is 11.3 Å². The topological polar surface area (TPSA) is 52.9 Å². The SMILES string of the molecule is N#C[C@@]1(NC(=O)/C=C\c2ccc(F)cc2)CCSC1. The van der Waals surface area contributed by atoms with E-state index >= 15 is 0 Å². The van der Waals surface area contributed by atoms with E-state index in [0.29, 0.717) is 12.2 Å². The number of thioether (sulfide) groups is 1. The van der Waals surface area contributed by atoms with Crippen LogP contribution < -0.4 is 5.32 Å². The van der Waals surface area contributed by atoms with Crippen molar-refractivity contribution in [1.29, 1.82) is 5.26 Å². The van der Waals surface area contributed by atoms with Crippen molar-refractivity contribution < 1.29 is 9.18 Å². The zero-order valence-corrected chi connectivity index (χ0v) is 11.0. The predicted octanol–water partition coefficient (Wildman–Crippen LogP) is 2.35. The van der Waals surface area contributed by atoms with E-state index in [2.05, 4.69) is 11.4 Å². The van der Waals surface area contributed by atoms with Gasteiger partial charge in [0.2, 0.25) is 5.91 Å². The van der Waals surface area contributed by atoms with Gasteiger partial charge in [0.1, 0.15) is 11.4 Å². The first-order chi connectivity index (χ1) is 9.13. The van der Waals surface area contributed by atoms with E-state index in [1.807, 2.05) is 0 Å². The third kappa shape index (κ3) is 3.58. The number of nitrogens with one attached hydrogen (secondary N) is 1. The van der Waals surface area contributed by atoms with Gasteiger partial charge < -0.3 is 5.32 Å². The monoisotopic (exact) mass is 276 g/mol. The summed E-state index contributed by atoms with van der Waals surface area (Å²) in [5, 5.41) is 11.9. The maximum atomic E-state index is 12.7. The zero-order chi connectivity index (χ0) is 13.7. The molecule has 1 N–H and O–H groups in total. The number of benzene rings is 1. The normalized spacial score (nSPS) is 22.3. The molecule has 0 spiro atoms. The summed E-state index contributed by atoms with van der Waals surface area (Å²) in [6.07, 6.45) is 3.64. The molecule has 98 valence electrons. The molecule has 0 saturated carbocycles. The number of rotatable bonds is 3. The van der Waals surface area contributed by atoms with Crippen LogP contribution in [-0.2, 0) is 4.79 Å². The van der Waals surface area contributed by atoms with Gasteiger partial charge in [0.15, 0.2) is 0 Å². The quantitative estimate of drug-likeness (QED) is 0.862. The molecule has 1 amide bonds. The van der Waals surface area contributed by atoms with Gasteiger partial charge in [-0.3, -0.25) is 4.79 Å². The lowest BCUT2D eigenvalue weighted by molar-refractivity contribution is -0.117. The first kappa shape index (κ1) is 13.6. The van der Waals surface area contributed by atoms with Crippen LogP contribution >= 0.6 is 11.8 Å². The maximum Gasteiger partial charge on any atom is 0.245 e. The fraction of sp³-hybridized carbons (Fsp3) is 0.286. The molecule has 0 aliphatic carbocycles. The average Bonchev–Trinajstić information content (AvgIpc) is 2.87. The highest BCUT2D eigenvalue weighted by Crippen LogP contribution is 2.27. The van der Waals surface area contributed by atoms with E-state index in [1.165, 1.54) is 18.2 Å². The zero-order valence-electron chi connectivity index (χ0n) is 10.2. The Bertz CT molecular complexity index is 527. The van der Waals surface area contributed by atoms with Crippen LogP contribution in [0.25, 0.3) is 6.08 Å². The van der Waals surface area contributed by atoms with Crippen LogP contribution in [0.4, 0.5) is 4.39 Å². The van der Waals surface area contributed by atoms with E-state index in [1.54, 1.807) is 30.0 Å². The van der Waals surface area contributed by atoms with Crippen molar-refractivity contribution in [1.82, 2.24) is 5.32 Å². The van der Waals surface area contributed by atoms with Gasteiger partial charge in [-0.15, -0.1) is 0 Å². The summed E-state index contributed by atoms with van der Waals surface area (Å²) in [5.74, 6) is 0.899. The van der Waals surface area contributed by atoms with Crippen molar-refractivity contribution >= 4 is 23.7 Å². The molecule has 2 rings (SSSR count). The molecule has 1 aliphatic rings. The molecule has 1 heterocycles. The summed E-state index contributed by atoms with van der Waals surface area (Å²) >= 11 is 1.66. The summed E-state index contributed by atoms with van der Waals surface area (Å²) in [7, 11) is 0. The molecule has 19 heavy (non-hydrogen) atoms. The molecule has 3 nitrogen and oxygen atoms in total. The van der Waals surface area contributed by atoms with Crippen molar-refractivity contribution in [2.45, 2.75) is 12.0 Å². The number of carbonyl (C=O) groups excluding carboxylic acids is 1. The number of halogens is 1. The van der Waals surface area contributed by atoms with Gasteiger partial charge in [-0.05, 0) is 35.9 Å². The first-order valence-corrected chi connectivity index (χ1v) is 7.04. The van der Waals surface area contributed by atoms with Crippen molar-refractivity contribution in [2.24, 2.45) is 0 Å². The third-order valence-corrected chi connectivity index (χ3v) is 4.09. The highest BCUT2D eigenvalue weighted by Gasteiger charge is 2.35. The van der Waals surface area contributed by atoms with Crippen molar-refractivity contribution in [3.8, 4) is 6.07 Å². The van der Waals surface area contributed by atoms with Gasteiger partial charge >= 0.3 is 0 Å². The molecule has 5 heteroatoms. The summed E-state index contributed by atoms with van der Waals surface area (Å²) in [4.78, 5) is 11.8. The maximum absolute atomic E-state index is 12.7. The molecular formula is C14H13FN2OS. The highest BCUT2D eigenvalue weighted by molar-refractivity contribution is 7.99. The van der Waals surface area contributed by atoms with Crippen LogP contribution in [0.15, 0.2) is 30.3 Å². The Balaban J connectivity index is 1.98. The minimum atomic E-state index is -0.741. The third-order valence-electron chi connectivity index (χ3n) is 2.90. The molecule has 0 radical (unpaired) electrons. The fourth-order valence-electron chi connectivity index (χ4n) is 1.80. The summed E-state index contributed by atoms with van der Waals surface area (Å²) in [6.45, 7) is 0. The molecule has 1 aliphatic heterocycles. The lowest BCUT2D eigenvalue weighted by Gasteiger charge is -2.19. The van der Waals surface area contributed by atoms with E-state index in [9.17, 15) is 9.18 Å². The van der Waals surface area contributed by atoms with Crippen LogP contribution in [0.2, 0.25) is 0 Å². The Morgan fingerprint density at radius 1 is 1.47 bits per heavy atom. The second-order valence-corrected chi connectivity index (χ2v) is 5.48. The van der Waals surface area contributed by atoms with Crippen molar-refractivity contribution in [3.05, 3.63) is 41.7 Å². The standard InChI is InChI=1S/C14H13FN2OS/c15-12-4-1-11(2-5-12)3-6-13(18)17-14(9-16)7-8-19-10-14/h1-6H,7-8,10H2,(H,17,18)/b6-3-/t14-/m0/s1. The lowest BCUT2D eigenvalue weighted by atomic mass is 10.0. The Morgan fingerprint density at radius 2 is 2.21 bits per heavy atom. The number of hydrogen-bond donors (Lipinski definition) is 1. The molecule has 0 aromatic heterocycles. The van der Waals surface area contributed by atoms with Gasteiger partial charge in [-0.2, -0.15) is 17.0 Å². The second kappa shape index (κ2) is 5.89. The number of carbonyl (C=O) groups is 1. The number of amides is 1. The van der Waals surface area contributed by atoms with Crippen LogP contribution in [0, 0.1) is 17.1 Å². The Morgan fingerprint density at radius 3 is 2.79 bits per heavy atom. The van der Waals surface area contributed by atoms with Crippen LogP contribution in [-0.4, -0.2) is 23.0 Å². The van der Waals surface area contributed by atoms with Gasteiger partial charge in [0, 0.05) is 11.8 Å². The Labute approximate surface area is 115 Å². The molecule has 1 atom stereocenters. The smallest absolute Gasteiger partial charge is 0.245 e. The largest absolute Gasteiger partial charge is 0.333 e. The number of nitrogens with zero attached hydrogens (tertiary/aromatic N) is 1. The van der Waals surface area contributed by atoms with E-state index in [-0.39, 0.29) is 11.7 Å². The second-order valence-electron chi connectivity index (χ2n) is 4.37. The predicted molar refractivity (Wildman–Crippen MR) is 73.9 cm³/mol. The average molecular weight is 276 g/mol. The van der Waals surface area contributed by atoms with Crippen LogP contribution in [0.5, 0.6) is 0 Å². The Hall–Kier alpha value is -1.80. The van der Waals surface area contributed by atoms with E-state index < -0.39 is 5.54 Å². The van der Waals surface area contributed by atoms with Crippen LogP contribution in [0.1, 0.15) is 12.0 Å². The van der Waals surface area contributed by atoms with Gasteiger partial charge in [-0.1, -0.05) is 12.1 Å². The fourth-order valence-corrected chi connectivity index (χ4v) is 3.07. The molecule has 0 unspecified atom stereocenters.